The fraction of sp³-hybridized carbons (Fsp3) is 0.222. The number of carbonyl (C=O) groups excluding carboxylic acids is 1. The Hall–Kier alpha value is -1.80. The number of ether oxygens (including phenoxy) is 1. The average molecular weight is 226 g/mol. The van der Waals surface area contributed by atoms with Crippen LogP contribution in [0.5, 0.6) is 0 Å². The van der Waals surface area contributed by atoms with E-state index in [1.807, 2.05) is 6.07 Å². The van der Waals surface area contributed by atoms with Gasteiger partial charge in [0.25, 0.3) is 0 Å². The Labute approximate surface area is 91.6 Å². The Morgan fingerprint density at radius 2 is 2.53 bits per heavy atom. The Morgan fingerprint density at radius 1 is 1.80 bits per heavy atom. The Balaban J connectivity index is 2.86. The maximum Gasteiger partial charge on any atom is 0.412 e. The highest BCUT2D eigenvalue weighted by molar-refractivity contribution is 6.30. The van der Waals surface area contributed by atoms with Crippen LogP contribution in [0.25, 0.3) is 0 Å². The first-order valence-electron chi connectivity index (χ1n) is 4.16. The quantitative estimate of drug-likeness (QED) is 0.837. The number of nitrogens with zero attached hydrogens (tertiary/aromatic N) is 2. The predicted octanol–water partition coefficient (Wildman–Crippen LogP) is 2.18. The maximum atomic E-state index is 11.0. The summed E-state index contributed by atoms with van der Waals surface area (Å²) in [5, 5.41) is 11.4. The van der Waals surface area contributed by atoms with Crippen LogP contribution in [0.15, 0.2) is 12.3 Å². The summed E-state index contributed by atoms with van der Waals surface area (Å²) in [7, 11) is 0. The summed E-state index contributed by atoms with van der Waals surface area (Å²) in [6.45, 7) is 1.93. The number of nitriles is 1. The van der Waals surface area contributed by atoms with Gasteiger partial charge in [0.2, 0.25) is 0 Å². The van der Waals surface area contributed by atoms with E-state index in [1.54, 1.807) is 6.92 Å². The van der Waals surface area contributed by atoms with Crippen LogP contribution in [0, 0.1) is 11.3 Å². The van der Waals surface area contributed by atoms with E-state index in [2.05, 4.69) is 15.0 Å². The molecule has 6 heteroatoms. The molecule has 0 unspecified atom stereocenters. The van der Waals surface area contributed by atoms with Crippen LogP contribution < -0.4 is 5.32 Å². The van der Waals surface area contributed by atoms with Crippen LogP contribution in [-0.2, 0) is 4.74 Å². The van der Waals surface area contributed by atoms with Gasteiger partial charge in [0.15, 0.2) is 5.82 Å². The van der Waals surface area contributed by atoms with Crippen LogP contribution in [0.3, 0.4) is 0 Å². The van der Waals surface area contributed by atoms with Gasteiger partial charge in [-0.05, 0) is 13.0 Å². The van der Waals surface area contributed by atoms with Gasteiger partial charge < -0.3 is 4.74 Å². The van der Waals surface area contributed by atoms with Gasteiger partial charge in [-0.1, -0.05) is 11.6 Å². The second-order valence-corrected chi connectivity index (χ2v) is 2.94. The van der Waals surface area contributed by atoms with Crippen molar-refractivity contribution in [3.8, 4) is 6.07 Å². The van der Waals surface area contributed by atoms with E-state index in [4.69, 9.17) is 16.9 Å². The number of nitrogens with one attached hydrogen (secondary N) is 1. The van der Waals surface area contributed by atoms with E-state index in [1.165, 1.54) is 12.3 Å². The number of rotatable bonds is 2. The van der Waals surface area contributed by atoms with Crippen molar-refractivity contribution in [2.24, 2.45) is 0 Å². The number of anilines is 1. The van der Waals surface area contributed by atoms with Gasteiger partial charge in [-0.2, -0.15) is 5.26 Å². The Bertz CT molecular complexity index is 414. The molecule has 1 aromatic heterocycles. The fourth-order valence-electron chi connectivity index (χ4n) is 0.888. The lowest BCUT2D eigenvalue weighted by Crippen LogP contribution is -2.15. The highest BCUT2D eigenvalue weighted by Crippen LogP contribution is 2.16. The molecule has 0 radical (unpaired) electrons. The van der Waals surface area contributed by atoms with E-state index >= 15 is 0 Å². The number of hydrogen-bond donors (Lipinski definition) is 1. The van der Waals surface area contributed by atoms with Gasteiger partial charge in [-0.25, -0.2) is 9.78 Å². The molecule has 1 aromatic rings. The molecule has 1 amide bonds. The highest BCUT2D eigenvalue weighted by Gasteiger charge is 2.08. The van der Waals surface area contributed by atoms with E-state index in [0.717, 1.165) is 0 Å². The van der Waals surface area contributed by atoms with Crippen molar-refractivity contribution in [2.75, 3.05) is 11.9 Å². The standard InChI is InChI=1S/C9H8ClN3O2/c1-2-15-9(14)13-8-6(4-11)3-7(10)5-12-8/h3,5H,2H2,1H3,(H,12,13,14). The minimum absolute atomic E-state index is 0.139. The predicted molar refractivity (Wildman–Crippen MR) is 54.6 cm³/mol. The number of halogens is 1. The minimum Gasteiger partial charge on any atom is -0.450 e. The first kappa shape index (κ1) is 11.3. The van der Waals surface area contributed by atoms with Crippen molar-refractivity contribution in [1.29, 1.82) is 5.26 Å². The van der Waals surface area contributed by atoms with Crippen molar-refractivity contribution < 1.29 is 9.53 Å². The molecule has 78 valence electrons. The summed E-state index contributed by atoms with van der Waals surface area (Å²) in [5.41, 5.74) is 0.190. The van der Waals surface area contributed by atoms with Gasteiger partial charge >= 0.3 is 6.09 Å². The molecule has 0 atom stereocenters. The van der Waals surface area contributed by atoms with Crippen LogP contribution >= 0.6 is 11.6 Å². The van der Waals surface area contributed by atoms with E-state index < -0.39 is 6.09 Å². The van der Waals surface area contributed by atoms with Crippen molar-refractivity contribution in [2.45, 2.75) is 6.92 Å². The average Bonchev–Trinajstić information content (AvgIpc) is 2.21. The minimum atomic E-state index is -0.649. The lowest BCUT2D eigenvalue weighted by molar-refractivity contribution is 0.168. The van der Waals surface area contributed by atoms with Gasteiger partial charge in [-0.3, -0.25) is 5.32 Å². The van der Waals surface area contributed by atoms with Crippen molar-refractivity contribution in [3.05, 3.63) is 22.8 Å². The summed E-state index contributed by atoms with van der Waals surface area (Å²) in [6.07, 6.45) is 0.688. The molecule has 15 heavy (non-hydrogen) atoms. The van der Waals surface area contributed by atoms with E-state index in [-0.39, 0.29) is 18.0 Å². The molecule has 0 bridgehead atoms. The summed E-state index contributed by atoms with van der Waals surface area (Å²) < 4.78 is 4.64. The maximum absolute atomic E-state index is 11.0. The summed E-state index contributed by atoms with van der Waals surface area (Å²) in [4.78, 5) is 14.9. The number of hydrogen-bond acceptors (Lipinski definition) is 4. The molecule has 0 saturated heterocycles. The molecule has 0 aliphatic rings. The first-order valence-corrected chi connectivity index (χ1v) is 4.54. The van der Waals surface area contributed by atoms with Crippen molar-refractivity contribution in [3.63, 3.8) is 0 Å². The Morgan fingerprint density at radius 3 is 3.13 bits per heavy atom. The van der Waals surface area contributed by atoms with Crippen LogP contribution in [0.4, 0.5) is 10.6 Å². The lowest BCUT2D eigenvalue weighted by Gasteiger charge is -2.05. The fourth-order valence-corrected chi connectivity index (χ4v) is 1.05. The van der Waals surface area contributed by atoms with Gasteiger partial charge in [0, 0.05) is 6.20 Å². The van der Waals surface area contributed by atoms with E-state index in [9.17, 15) is 4.79 Å². The third kappa shape index (κ3) is 3.11. The monoisotopic (exact) mass is 225 g/mol. The molecule has 0 saturated carbocycles. The topological polar surface area (TPSA) is 75.0 Å². The molecule has 1 heterocycles. The third-order valence-corrected chi connectivity index (χ3v) is 1.68. The molecule has 0 spiro atoms. The zero-order chi connectivity index (χ0) is 11.3. The summed E-state index contributed by atoms with van der Waals surface area (Å²) in [5.74, 6) is 0.139. The van der Waals surface area contributed by atoms with E-state index in [0.29, 0.717) is 5.02 Å². The zero-order valence-electron chi connectivity index (χ0n) is 7.95. The number of amides is 1. The van der Waals surface area contributed by atoms with Gasteiger partial charge in [-0.15, -0.1) is 0 Å². The molecule has 0 aliphatic carbocycles. The third-order valence-electron chi connectivity index (χ3n) is 1.47. The largest absolute Gasteiger partial charge is 0.450 e. The molecule has 5 nitrogen and oxygen atoms in total. The normalized spacial score (nSPS) is 9.13. The molecule has 0 aliphatic heterocycles. The molecule has 0 aromatic carbocycles. The van der Waals surface area contributed by atoms with Crippen molar-refractivity contribution >= 4 is 23.5 Å². The Kier molecular flexibility index (Phi) is 3.89. The second kappa shape index (κ2) is 5.17. The number of carbonyl (C=O) groups is 1. The van der Waals surface area contributed by atoms with Gasteiger partial charge in [0.1, 0.15) is 6.07 Å². The molecule has 0 fully saturated rings. The molecular formula is C9H8ClN3O2. The molecule has 1 rings (SSSR count). The van der Waals surface area contributed by atoms with Gasteiger partial charge in [0.05, 0.1) is 17.2 Å². The first-order chi connectivity index (χ1) is 7.17. The smallest absolute Gasteiger partial charge is 0.412 e. The van der Waals surface area contributed by atoms with Crippen LogP contribution in [-0.4, -0.2) is 17.7 Å². The zero-order valence-corrected chi connectivity index (χ0v) is 8.71. The number of aromatic nitrogens is 1. The second-order valence-electron chi connectivity index (χ2n) is 2.51. The SMILES string of the molecule is CCOC(=O)Nc1ncc(Cl)cc1C#N. The van der Waals surface area contributed by atoms with Crippen molar-refractivity contribution in [1.82, 2.24) is 4.98 Å². The lowest BCUT2D eigenvalue weighted by atomic mass is 10.3. The molecule has 1 N–H and O–H groups in total. The number of pyridine rings is 1. The molecular weight excluding hydrogens is 218 g/mol. The van der Waals surface area contributed by atoms with Crippen LogP contribution in [0.1, 0.15) is 12.5 Å². The summed E-state index contributed by atoms with van der Waals surface area (Å²) in [6, 6.07) is 3.28. The van der Waals surface area contributed by atoms with Crippen LogP contribution in [0.2, 0.25) is 5.02 Å². The highest BCUT2D eigenvalue weighted by atomic mass is 35.5. The summed E-state index contributed by atoms with van der Waals surface area (Å²) >= 11 is 5.64.